The normalized spacial score (nSPS) is 11.4. The van der Waals surface area contributed by atoms with Crippen molar-refractivity contribution in [3.05, 3.63) is 96.1 Å². The maximum Gasteiger partial charge on any atom is 2.00 e. The van der Waals surface area contributed by atoms with Crippen LogP contribution < -0.4 is 14.6 Å². The minimum atomic E-state index is -4.69. The van der Waals surface area contributed by atoms with Crippen LogP contribution in [0.3, 0.4) is 0 Å². The van der Waals surface area contributed by atoms with Gasteiger partial charge in [0, 0.05) is 0 Å². The average molecular weight is 935 g/mol. The van der Waals surface area contributed by atoms with Crippen LogP contribution in [0.5, 0.6) is 34.5 Å². The van der Waals surface area contributed by atoms with Crippen molar-refractivity contribution in [1.29, 1.82) is 0 Å². The van der Waals surface area contributed by atoms with Crippen LogP contribution in [0.15, 0.2) is 94.7 Å². The second kappa shape index (κ2) is 31.9. The second-order valence-corrected chi connectivity index (χ2v) is 18.8. The van der Waals surface area contributed by atoms with Gasteiger partial charge in [0.25, 0.3) is 10.1 Å². The maximum absolute atomic E-state index is 12.7. The third kappa shape index (κ3) is 22.3. The summed E-state index contributed by atoms with van der Waals surface area (Å²) in [4.78, 5) is -0.796. The Bertz CT molecular complexity index is 1940. The van der Waals surface area contributed by atoms with E-state index < -0.39 is 25.1 Å². The zero-order valence-electron chi connectivity index (χ0n) is 37.7. The van der Waals surface area contributed by atoms with Crippen LogP contribution in [-0.4, -0.2) is 68.8 Å². The number of ether oxygens (including phenoxy) is 2. The zero-order chi connectivity index (χ0) is 45.1. The Hall–Kier alpha value is -2.84. The molecule has 0 spiro atoms. The number of aromatic hydroxyl groups is 1. The molecule has 0 bridgehead atoms. The third-order valence-electron chi connectivity index (χ3n) is 10.9. The van der Waals surface area contributed by atoms with Gasteiger partial charge in [-0.05, 0) is 67.6 Å². The van der Waals surface area contributed by atoms with Gasteiger partial charge in [-0.15, -0.1) is 0 Å². The van der Waals surface area contributed by atoms with Gasteiger partial charge in [-0.2, -0.15) is 8.42 Å². The van der Waals surface area contributed by atoms with Crippen LogP contribution in [0.2, 0.25) is 0 Å². The molecule has 10 nitrogen and oxygen atoms in total. The summed E-state index contributed by atoms with van der Waals surface area (Å²) in [7, 11) is -9.10. The molecule has 0 aliphatic rings. The average Bonchev–Trinajstić information content (AvgIpc) is 3.24. The van der Waals surface area contributed by atoms with Crippen LogP contribution in [0, 0.1) is 0 Å². The number of para-hydroxylation sites is 4. The van der Waals surface area contributed by atoms with Gasteiger partial charge in [-0.25, -0.2) is 8.42 Å². The summed E-state index contributed by atoms with van der Waals surface area (Å²) in [5.41, 5.74) is 1.42. The topological polar surface area (TPSA) is 173 Å². The van der Waals surface area contributed by atoms with Crippen molar-refractivity contribution in [2.75, 3.05) is 0 Å². The first-order valence-electron chi connectivity index (χ1n) is 22.9. The molecular formula is C50H70CaO10S2. The van der Waals surface area contributed by atoms with Crippen LogP contribution in [0.1, 0.15) is 166 Å². The van der Waals surface area contributed by atoms with Crippen molar-refractivity contribution >= 4 is 58.0 Å². The minimum absolute atomic E-state index is 0. The molecule has 0 atom stereocenters. The van der Waals surface area contributed by atoms with E-state index in [1.54, 1.807) is 36.4 Å². The van der Waals surface area contributed by atoms with Crippen molar-refractivity contribution in [1.82, 2.24) is 0 Å². The number of benzene rings is 4. The molecular weight excluding hydrogens is 865 g/mol. The SMILES string of the molecule is CCCCCCCCCCCCCc1cccc(Oc2ccccc2S(=O)(=O)O)c1O.CCCCCCCCCCCCCc1cccc(Oc2ccccc2S(=O)(=O)[O-])c1[O-].[Ca+2]. The summed E-state index contributed by atoms with van der Waals surface area (Å²) in [5, 5.41) is 23.3. The Morgan fingerprint density at radius 2 is 0.810 bits per heavy atom. The van der Waals surface area contributed by atoms with E-state index in [1.807, 2.05) is 6.07 Å². The maximum atomic E-state index is 12.7. The van der Waals surface area contributed by atoms with Gasteiger partial charge < -0.3 is 24.2 Å². The predicted molar refractivity (Wildman–Crippen MR) is 251 cm³/mol. The van der Waals surface area contributed by atoms with Crippen LogP contribution in [0.4, 0.5) is 0 Å². The van der Waals surface area contributed by atoms with Gasteiger partial charge in [-0.1, -0.05) is 202 Å². The molecule has 0 radical (unpaired) electrons. The van der Waals surface area contributed by atoms with E-state index in [0.717, 1.165) is 37.7 Å². The fourth-order valence-corrected chi connectivity index (χ4v) is 8.59. The first kappa shape index (κ1) is 56.3. The second-order valence-electron chi connectivity index (χ2n) is 16.1. The van der Waals surface area contributed by atoms with Crippen LogP contribution >= 0.6 is 0 Å². The Morgan fingerprint density at radius 3 is 1.27 bits per heavy atom. The first-order chi connectivity index (χ1) is 29.9. The molecule has 0 unspecified atom stereocenters. The molecule has 0 amide bonds. The fourth-order valence-electron chi connectivity index (χ4n) is 7.38. The molecule has 0 aliphatic heterocycles. The van der Waals surface area contributed by atoms with E-state index in [4.69, 9.17) is 9.47 Å². The largest absolute Gasteiger partial charge is 2.00 e. The summed E-state index contributed by atoms with van der Waals surface area (Å²) >= 11 is 0. The molecule has 0 saturated heterocycles. The molecule has 0 saturated carbocycles. The molecule has 0 fully saturated rings. The van der Waals surface area contributed by atoms with E-state index in [1.165, 1.54) is 158 Å². The molecule has 0 heterocycles. The number of hydrogen-bond acceptors (Lipinski definition) is 9. The molecule has 0 aliphatic carbocycles. The predicted octanol–water partition coefficient (Wildman–Crippen LogP) is 13.2. The van der Waals surface area contributed by atoms with Gasteiger partial charge in [0.15, 0.2) is 11.5 Å². The van der Waals surface area contributed by atoms with Gasteiger partial charge >= 0.3 is 37.7 Å². The van der Waals surface area contributed by atoms with Gasteiger partial charge in [0.05, 0.1) is 4.90 Å². The quantitative estimate of drug-likeness (QED) is 0.0291. The monoisotopic (exact) mass is 934 g/mol. The van der Waals surface area contributed by atoms with E-state index in [2.05, 4.69) is 13.8 Å². The van der Waals surface area contributed by atoms with E-state index >= 15 is 0 Å². The molecule has 0 aromatic heterocycles. The standard InChI is InChI=1S/2C25H36O5S.Ca/c2*1-2-3-4-5-6-7-8-9-10-11-12-16-21-17-15-19-23(25(21)26)30-22-18-13-14-20-24(22)31(27,28)29;/h2*13-15,17-20,26H,2-12,16H2,1H3,(H,27,28,29);/q;;+2/p-2. The van der Waals surface area contributed by atoms with Gasteiger partial charge in [-0.3, -0.25) is 4.55 Å². The summed E-state index contributed by atoms with van der Waals surface area (Å²) in [6, 6.07) is 21.6. The molecule has 344 valence electrons. The third-order valence-corrected chi connectivity index (χ3v) is 12.7. The van der Waals surface area contributed by atoms with Crippen molar-refractivity contribution in [3.63, 3.8) is 0 Å². The van der Waals surface area contributed by atoms with E-state index in [-0.39, 0.29) is 77.1 Å². The molecule has 63 heavy (non-hydrogen) atoms. The summed E-state index contributed by atoms with van der Waals surface area (Å²) in [5.74, 6) is -0.172. The summed E-state index contributed by atoms with van der Waals surface area (Å²) < 4.78 is 77.8. The van der Waals surface area contributed by atoms with Crippen molar-refractivity contribution in [2.24, 2.45) is 0 Å². The van der Waals surface area contributed by atoms with Crippen molar-refractivity contribution in [3.8, 4) is 34.5 Å². The Labute approximate surface area is 408 Å². The van der Waals surface area contributed by atoms with Gasteiger partial charge in [0.1, 0.15) is 32.3 Å². The van der Waals surface area contributed by atoms with Crippen molar-refractivity contribution < 1.29 is 45.6 Å². The number of phenolic OH excluding ortho intramolecular Hbond substituents is 1. The fraction of sp³-hybridized carbons (Fsp3) is 0.520. The summed E-state index contributed by atoms with van der Waals surface area (Å²) in [6.07, 6.45) is 29.0. The minimum Gasteiger partial charge on any atom is -0.870 e. The number of phenols is 1. The van der Waals surface area contributed by atoms with Crippen molar-refractivity contribution in [2.45, 2.75) is 178 Å². The smallest absolute Gasteiger partial charge is 0.870 e. The number of aryl methyl sites for hydroxylation is 2. The zero-order valence-corrected chi connectivity index (χ0v) is 41.6. The van der Waals surface area contributed by atoms with Crippen LogP contribution in [-0.2, 0) is 33.1 Å². The number of unbranched alkanes of at least 4 members (excludes halogenated alkanes) is 20. The molecule has 4 aromatic rings. The Kier molecular flexibility index (Phi) is 28.5. The van der Waals surface area contributed by atoms with E-state index in [9.17, 15) is 36.2 Å². The molecule has 2 N–H and O–H groups in total. The van der Waals surface area contributed by atoms with E-state index in [0.29, 0.717) is 12.0 Å². The summed E-state index contributed by atoms with van der Waals surface area (Å²) in [6.45, 7) is 4.48. The number of hydrogen-bond donors (Lipinski definition) is 2. The van der Waals surface area contributed by atoms with Gasteiger partial charge in [0.2, 0.25) is 0 Å². The first-order valence-corrected chi connectivity index (χ1v) is 25.8. The number of rotatable bonds is 30. The molecule has 13 heteroatoms. The Balaban J connectivity index is 0.000000427. The van der Waals surface area contributed by atoms with Crippen LogP contribution in [0.25, 0.3) is 0 Å². The molecule has 4 aromatic carbocycles. The Morgan fingerprint density at radius 1 is 0.460 bits per heavy atom. The molecule has 4 rings (SSSR count).